The summed E-state index contributed by atoms with van der Waals surface area (Å²) in [7, 11) is 1.96. The van der Waals surface area contributed by atoms with Gasteiger partial charge in [-0.25, -0.2) is 9.37 Å². The van der Waals surface area contributed by atoms with Gasteiger partial charge in [0.1, 0.15) is 23.5 Å². The van der Waals surface area contributed by atoms with Gasteiger partial charge in [0.2, 0.25) is 0 Å². The zero-order valence-electron chi connectivity index (χ0n) is 11.8. The Kier molecular flexibility index (Phi) is 5.12. The molecular weight excluding hydrogens is 257 g/mol. The van der Waals surface area contributed by atoms with E-state index in [0.717, 1.165) is 12.2 Å². The second-order valence-electron chi connectivity index (χ2n) is 4.69. The molecule has 0 aliphatic heterocycles. The van der Waals surface area contributed by atoms with Gasteiger partial charge in [-0.1, -0.05) is 13.0 Å². The molecule has 1 N–H and O–H groups in total. The molecule has 5 heteroatoms. The minimum atomic E-state index is -0.279. The van der Waals surface area contributed by atoms with Crippen LogP contribution in [0.5, 0.6) is 5.75 Å². The number of aryl methyl sites for hydroxylation is 1. The Labute approximate surface area is 118 Å². The molecule has 0 bridgehead atoms. The summed E-state index contributed by atoms with van der Waals surface area (Å²) in [4.78, 5) is 4.24. The molecule has 0 amide bonds. The molecule has 0 radical (unpaired) electrons. The maximum Gasteiger partial charge on any atom is 0.126 e. The second-order valence-corrected chi connectivity index (χ2v) is 4.69. The molecule has 2 rings (SSSR count). The van der Waals surface area contributed by atoms with Gasteiger partial charge in [0, 0.05) is 32.1 Å². The van der Waals surface area contributed by atoms with Crippen molar-refractivity contribution in [1.29, 1.82) is 0 Å². The van der Waals surface area contributed by atoms with Crippen molar-refractivity contribution in [1.82, 2.24) is 14.9 Å². The number of benzene rings is 1. The van der Waals surface area contributed by atoms with E-state index in [4.69, 9.17) is 4.74 Å². The fourth-order valence-electron chi connectivity index (χ4n) is 1.91. The molecule has 0 saturated carbocycles. The standard InChI is InChI=1S/C15H20FN3O/c1-3-13(20-14-6-4-5-12(16)9-14)10-17-11-15-18-7-8-19(15)2/h4-9,13,17H,3,10-11H2,1-2H3. The molecular formula is C15H20FN3O. The van der Waals surface area contributed by atoms with E-state index in [1.165, 1.54) is 12.1 Å². The monoisotopic (exact) mass is 277 g/mol. The van der Waals surface area contributed by atoms with Gasteiger partial charge in [0.25, 0.3) is 0 Å². The topological polar surface area (TPSA) is 39.1 Å². The maximum atomic E-state index is 13.1. The van der Waals surface area contributed by atoms with Gasteiger partial charge >= 0.3 is 0 Å². The molecule has 1 aromatic heterocycles. The van der Waals surface area contributed by atoms with E-state index < -0.39 is 0 Å². The van der Waals surface area contributed by atoms with Crippen LogP contribution in [0.1, 0.15) is 19.2 Å². The molecule has 1 heterocycles. The third kappa shape index (κ3) is 4.06. The number of hydrogen-bond donors (Lipinski definition) is 1. The summed E-state index contributed by atoms with van der Waals surface area (Å²) < 4.78 is 20.8. The fourth-order valence-corrected chi connectivity index (χ4v) is 1.91. The summed E-state index contributed by atoms with van der Waals surface area (Å²) in [6.45, 7) is 3.43. The summed E-state index contributed by atoms with van der Waals surface area (Å²) in [6.07, 6.45) is 4.55. The molecule has 0 saturated heterocycles. The van der Waals surface area contributed by atoms with Crippen LogP contribution >= 0.6 is 0 Å². The van der Waals surface area contributed by atoms with Gasteiger partial charge in [-0.15, -0.1) is 0 Å². The van der Waals surface area contributed by atoms with Gasteiger partial charge in [-0.05, 0) is 18.6 Å². The van der Waals surface area contributed by atoms with Crippen LogP contribution in [-0.4, -0.2) is 22.2 Å². The smallest absolute Gasteiger partial charge is 0.126 e. The van der Waals surface area contributed by atoms with Crippen LogP contribution in [-0.2, 0) is 13.6 Å². The van der Waals surface area contributed by atoms with E-state index in [9.17, 15) is 4.39 Å². The first kappa shape index (κ1) is 14.5. The molecule has 0 aliphatic rings. The van der Waals surface area contributed by atoms with Gasteiger partial charge in [-0.2, -0.15) is 0 Å². The average molecular weight is 277 g/mol. The zero-order valence-corrected chi connectivity index (χ0v) is 11.8. The highest BCUT2D eigenvalue weighted by Gasteiger charge is 2.09. The van der Waals surface area contributed by atoms with E-state index in [1.54, 1.807) is 18.3 Å². The lowest BCUT2D eigenvalue weighted by Crippen LogP contribution is -2.31. The maximum absolute atomic E-state index is 13.1. The lowest BCUT2D eigenvalue weighted by atomic mass is 10.2. The van der Waals surface area contributed by atoms with Crippen LogP contribution < -0.4 is 10.1 Å². The number of nitrogens with zero attached hydrogens (tertiary/aromatic N) is 2. The first-order valence-electron chi connectivity index (χ1n) is 6.78. The Morgan fingerprint density at radius 3 is 2.95 bits per heavy atom. The van der Waals surface area contributed by atoms with Crippen LogP contribution in [0.25, 0.3) is 0 Å². The third-order valence-electron chi connectivity index (χ3n) is 3.13. The van der Waals surface area contributed by atoms with E-state index >= 15 is 0 Å². The van der Waals surface area contributed by atoms with Crippen molar-refractivity contribution in [2.24, 2.45) is 7.05 Å². The van der Waals surface area contributed by atoms with Crippen molar-refractivity contribution in [3.63, 3.8) is 0 Å². The molecule has 1 atom stereocenters. The van der Waals surface area contributed by atoms with Crippen molar-refractivity contribution < 1.29 is 9.13 Å². The number of rotatable bonds is 7. The van der Waals surface area contributed by atoms with E-state index in [-0.39, 0.29) is 11.9 Å². The molecule has 4 nitrogen and oxygen atoms in total. The Morgan fingerprint density at radius 2 is 2.30 bits per heavy atom. The number of hydrogen-bond acceptors (Lipinski definition) is 3. The van der Waals surface area contributed by atoms with E-state index in [1.807, 2.05) is 24.7 Å². The number of ether oxygens (including phenoxy) is 1. The van der Waals surface area contributed by atoms with E-state index in [0.29, 0.717) is 18.8 Å². The molecule has 1 aromatic carbocycles. The number of nitrogens with one attached hydrogen (secondary N) is 1. The van der Waals surface area contributed by atoms with Gasteiger partial charge in [-0.3, -0.25) is 0 Å². The highest BCUT2D eigenvalue weighted by atomic mass is 19.1. The molecule has 1 unspecified atom stereocenters. The Balaban J connectivity index is 1.82. The normalized spacial score (nSPS) is 12.3. The predicted octanol–water partition coefficient (Wildman–Crippen LogP) is 2.51. The van der Waals surface area contributed by atoms with Gasteiger partial charge in [0.15, 0.2) is 0 Å². The van der Waals surface area contributed by atoms with Crippen LogP contribution in [0.15, 0.2) is 36.7 Å². The SMILES string of the molecule is CCC(CNCc1nccn1C)Oc1cccc(F)c1. The highest BCUT2D eigenvalue weighted by Crippen LogP contribution is 2.14. The summed E-state index contributed by atoms with van der Waals surface area (Å²) in [5, 5.41) is 3.31. The Hall–Kier alpha value is -1.88. The second kappa shape index (κ2) is 7.05. The van der Waals surface area contributed by atoms with Crippen molar-refractivity contribution >= 4 is 0 Å². The molecule has 0 aliphatic carbocycles. The quantitative estimate of drug-likeness (QED) is 0.845. The van der Waals surface area contributed by atoms with Crippen LogP contribution in [0.3, 0.4) is 0 Å². The van der Waals surface area contributed by atoms with Gasteiger partial charge < -0.3 is 14.6 Å². The fraction of sp³-hybridized carbons (Fsp3) is 0.400. The number of halogens is 1. The summed E-state index contributed by atoms with van der Waals surface area (Å²) >= 11 is 0. The third-order valence-corrected chi connectivity index (χ3v) is 3.13. The lowest BCUT2D eigenvalue weighted by Gasteiger charge is -2.18. The summed E-state index contributed by atoms with van der Waals surface area (Å²) in [6, 6.07) is 6.23. The lowest BCUT2D eigenvalue weighted by molar-refractivity contribution is 0.192. The highest BCUT2D eigenvalue weighted by molar-refractivity contribution is 5.22. The molecule has 2 aromatic rings. The Morgan fingerprint density at radius 1 is 1.45 bits per heavy atom. The van der Waals surface area contributed by atoms with Gasteiger partial charge in [0.05, 0.1) is 6.54 Å². The number of imidazole rings is 1. The zero-order chi connectivity index (χ0) is 14.4. The van der Waals surface area contributed by atoms with Crippen molar-refractivity contribution in [3.8, 4) is 5.75 Å². The number of aromatic nitrogens is 2. The van der Waals surface area contributed by atoms with Crippen LogP contribution in [0, 0.1) is 5.82 Å². The Bertz CT molecular complexity index is 541. The van der Waals surface area contributed by atoms with Crippen molar-refractivity contribution in [2.45, 2.75) is 26.0 Å². The first-order valence-corrected chi connectivity index (χ1v) is 6.78. The van der Waals surface area contributed by atoms with Crippen molar-refractivity contribution in [3.05, 3.63) is 48.3 Å². The van der Waals surface area contributed by atoms with E-state index in [2.05, 4.69) is 10.3 Å². The summed E-state index contributed by atoms with van der Waals surface area (Å²) in [5.74, 6) is 1.26. The molecule has 0 spiro atoms. The predicted molar refractivity (Wildman–Crippen MR) is 76.0 cm³/mol. The van der Waals surface area contributed by atoms with Crippen molar-refractivity contribution in [2.75, 3.05) is 6.54 Å². The summed E-state index contributed by atoms with van der Waals surface area (Å²) in [5.41, 5.74) is 0. The minimum absolute atomic E-state index is 0.0112. The first-order chi connectivity index (χ1) is 9.69. The molecule has 108 valence electrons. The molecule has 0 fully saturated rings. The van der Waals surface area contributed by atoms with Crippen LogP contribution in [0.2, 0.25) is 0 Å². The largest absolute Gasteiger partial charge is 0.489 e. The minimum Gasteiger partial charge on any atom is -0.489 e. The molecule has 20 heavy (non-hydrogen) atoms. The van der Waals surface area contributed by atoms with Crippen LogP contribution in [0.4, 0.5) is 4.39 Å². The average Bonchev–Trinajstić information content (AvgIpc) is 2.83.